The zero-order valence-corrected chi connectivity index (χ0v) is 16.0. The highest BCUT2D eigenvalue weighted by Crippen LogP contribution is 2.14. The van der Waals surface area contributed by atoms with Gasteiger partial charge in [0, 0.05) is 17.4 Å². The molecule has 0 aliphatic rings. The lowest BCUT2D eigenvalue weighted by Gasteiger charge is -2.12. The van der Waals surface area contributed by atoms with Crippen LogP contribution in [0, 0.1) is 0 Å². The van der Waals surface area contributed by atoms with Crippen LogP contribution in [0.2, 0.25) is 0 Å². The van der Waals surface area contributed by atoms with Crippen LogP contribution < -0.4 is 11.1 Å². The Kier molecular flexibility index (Phi) is 15.3. The van der Waals surface area contributed by atoms with Gasteiger partial charge in [-0.2, -0.15) is 0 Å². The van der Waals surface area contributed by atoms with Crippen LogP contribution in [0.3, 0.4) is 0 Å². The summed E-state index contributed by atoms with van der Waals surface area (Å²) in [4.78, 5) is 0. The Morgan fingerprint density at radius 1 is 0.696 bits per heavy atom. The van der Waals surface area contributed by atoms with Crippen molar-refractivity contribution >= 4 is 0 Å². The van der Waals surface area contributed by atoms with E-state index in [0.29, 0.717) is 6.04 Å². The van der Waals surface area contributed by atoms with Crippen molar-refractivity contribution in [3.8, 4) is 0 Å². The quantitative estimate of drug-likeness (QED) is 0.303. The normalized spacial score (nSPS) is 10.9. The fourth-order valence-corrected chi connectivity index (χ4v) is 2.94. The molecule has 0 aromatic heterocycles. The molecule has 0 unspecified atom stereocenters. The molecule has 0 amide bonds. The SMILES string of the molecule is C=C(N)CCCCCCCCCCCCCCC(=C)NC(C)C. The first-order chi connectivity index (χ1) is 11.0. The largest absolute Gasteiger partial charge is 0.403 e. The van der Waals surface area contributed by atoms with Gasteiger partial charge in [-0.3, -0.25) is 0 Å². The van der Waals surface area contributed by atoms with Crippen LogP contribution in [-0.2, 0) is 0 Å². The predicted octanol–water partition coefficient (Wildman–Crippen LogP) is 6.43. The van der Waals surface area contributed by atoms with Gasteiger partial charge in [-0.15, -0.1) is 0 Å². The third kappa shape index (κ3) is 19.0. The van der Waals surface area contributed by atoms with Crippen molar-refractivity contribution in [2.45, 2.75) is 110 Å². The highest BCUT2D eigenvalue weighted by Gasteiger charge is 1.97. The van der Waals surface area contributed by atoms with Crippen molar-refractivity contribution < 1.29 is 0 Å². The van der Waals surface area contributed by atoms with Crippen LogP contribution in [0.4, 0.5) is 0 Å². The molecule has 0 spiro atoms. The summed E-state index contributed by atoms with van der Waals surface area (Å²) in [7, 11) is 0. The topological polar surface area (TPSA) is 38.0 Å². The highest BCUT2D eigenvalue weighted by atomic mass is 14.9. The molecule has 0 aromatic carbocycles. The fraction of sp³-hybridized carbons (Fsp3) is 0.810. The van der Waals surface area contributed by atoms with Crippen molar-refractivity contribution in [1.82, 2.24) is 5.32 Å². The van der Waals surface area contributed by atoms with Gasteiger partial charge < -0.3 is 11.1 Å². The molecule has 0 radical (unpaired) electrons. The van der Waals surface area contributed by atoms with Crippen LogP contribution >= 0.6 is 0 Å². The van der Waals surface area contributed by atoms with E-state index in [4.69, 9.17) is 5.73 Å². The maximum atomic E-state index is 5.56. The van der Waals surface area contributed by atoms with Gasteiger partial charge in [0.15, 0.2) is 0 Å². The van der Waals surface area contributed by atoms with Crippen LogP contribution in [0.25, 0.3) is 0 Å². The molecule has 136 valence electrons. The van der Waals surface area contributed by atoms with E-state index in [9.17, 15) is 0 Å². The standard InChI is InChI=1S/C21H42N2/c1-19(2)23-21(4)18-16-14-12-10-8-6-5-7-9-11-13-15-17-20(3)22/h19,23H,3-18,22H2,1-2H3. The molecule has 0 rings (SSSR count). The molecule has 23 heavy (non-hydrogen) atoms. The van der Waals surface area contributed by atoms with E-state index in [1.165, 1.54) is 82.7 Å². The molecule has 2 nitrogen and oxygen atoms in total. The Labute approximate surface area is 146 Å². The van der Waals surface area contributed by atoms with E-state index >= 15 is 0 Å². The zero-order chi connectivity index (χ0) is 17.3. The lowest BCUT2D eigenvalue weighted by atomic mass is 10.0. The minimum Gasteiger partial charge on any atom is -0.403 e. The number of nitrogens with two attached hydrogens (primary N) is 1. The van der Waals surface area contributed by atoms with Crippen molar-refractivity contribution in [2.24, 2.45) is 5.73 Å². The van der Waals surface area contributed by atoms with Crippen molar-refractivity contribution in [1.29, 1.82) is 0 Å². The van der Waals surface area contributed by atoms with E-state index in [1.54, 1.807) is 0 Å². The number of hydrogen-bond acceptors (Lipinski definition) is 2. The van der Waals surface area contributed by atoms with E-state index in [0.717, 1.165) is 18.5 Å². The van der Waals surface area contributed by atoms with Crippen LogP contribution in [0.1, 0.15) is 104 Å². The summed E-state index contributed by atoms with van der Waals surface area (Å²) in [5, 5.41) is 3.39. The number of rotatable bonds is 17. The molecule has 0 bridgehead atoms. The van der Waals surface area contributed by atoms with Gasteiger partial charge in [-0.1, -0.05) is 77.4 Å². The molecule has 0 aliphatic heterocycles. The molecule has 0 fully saturated rings. The van der Waals surface area contributed by atoms with Crippen LogP contribution in [-0.4, -0.2) is 6.04 Å². The second-order valence-corrected chi connectivity index (χ2v) is 7.30. The Hall–Kier alpha value is -0.920. The van der Waals surface area contributed by atoms with E-state index in [-0.39, 0.29) is 0 Å². The van der Waals surface area contributed by atoms with E-state index in [1.807, 2.05) is 0 Å². The summed E-state index contributed by atoms with van der Waals surface area (Å²) in [6.45, 7) is 12.2. The second-order valence-electron chi connectivity index (χ2n) is 7.30. The van der Waals surface area contributed by atoms with Crippen LogP contribution in [0.5, 0.6) is 0 Å². The van der Waals surface area contributed by atoms with E-state index < -0.39 is 0 Å². The van der Waals surface area contributed by atoms with Crippen molar-refractivity contribution in [3.63, 3.8) is 0 Å². The number of allylic oxidation sites excluding steroid dienone is 2. The molecule has 0 saturated carbocycles. The maximum Gasteiger partial charge on any atom is 0.0201 e. The average molecular weight is 323 g/mol. The number of hydrogen-bond donors (Lipinski definition) is 2. The molecular weight excluding hydrogens is 280 g/mol. The minimum absolute atomic E-state index is 0.516. The molecule has 0 aliphatic carbocycles. The molecule has 2 heteroatoms. The van der Waals surface area contributed by atoms with Crippen molar-refractivity contribution in [2.75, 3.05) is 0 Å². The smallest absolute Gasteiger partial charge is 0.0201 e. The summed E-state index contributed by atoms with van der Waals surface area (Å²) in [6.07, 6.45) is 18.5. The molecule has 3 N–H and O–H groups in total. The van der Waals surface area contributed by atoms with Gasteiger partial charge in [0.1, 0.15) is 0 Å². The van der Waals surface area contributed by atoms with Gasteiger partial charge >= 0.3 is 0 Å². The Balaban J connectivity index is 3.11. The summed E-state index contributed by atoms with van der Waals surface area (Å²) >= 11 is 0. The summed E-state index contributed by atoms with van der Waals surface area (Å²) in [5.41, 5.74) is 7.61. The second kappa shape index (κ2) is 16.0. The molecular formula is C21H42N2. The molecule has 0 aromatic rings. The summed E-state index contributed by atoms with van der Waals surface area (Å²) in [5.74, 6) is 0. The Morgan fingerprint density at radius 3 is 1.39 bits per heavy atom. The first-order valence-electron chi connectivity index (χ1n) is 9.90. The third-order valence-electron chi connectivity index (χ3n) is 4.22. The molecule has 0 saturated heterocycles. The fourth-order valence-electron chi connectivity index (χ4n) is 2.94. The lowest BCUT2D eigenvalue weighted by molar-refractivity contribution is 0.536. The van der Waals surface area contributed by atoms with Gasteiger partial charge in [-0.25, -0.2) is 0 Å². The predicted molar refractivity (Wildman–Crippen MR) is 105 cm³/mol. The Bertz CT molecular complexity index is 294. The number of nitrogens with one attached hydrogen (secondary N) is 1. The first kappa shape index (κ1) is 22.1. The molecule has 0 heterocycles. The summed E-state index contributed by atoms with van der Waals surface area (Å²) < 4.78 is 0. The number of unbranched alkanes of at least 4 members (excludes halogenated alkanes) is 11. The minimum atomic E-state index is 0.516. The van der Waals surface area contributed by atoms with Crippen molar-refractivity contribution in [3.05, 3.63) is 24.6 Å². The Morgan fingerprint density at radius 2 is 1.04 bits per heavy atom. The van der Waals surface area contributed by atoms with Gasteiger partial charge in [0.05, 0.1) is 0 Å². The monoisotopic (exact) mass is 322 g/mol. The highest BCUT2D eigenvalue weighted by molar-refractivity contribution is 4.91. The van der Waals surface area contributed by atoms with Gasteiger partial charge in [-0.05, 0) is 39.5 Å². The lowest BCUT2D eigenvalue weighted by Crippen LogP contribution is -2.21. The first-order valence-corrected chi connectivity index (χ1v) is 9.90. The zero-order valence-electron chi connectivity index (χ0n) is 16.0. The third-order valence-corrected chi connectivity index (χ3v) is 4.22. The van der Waals surface area contributed by atoms with E-state index in [2.05, 4.69) is 32.3 Å². The molecule has 0 atom stereocenters. The van der Waals surface area contributed by atoms with Crippen LogP contribution in [0.15, 0.2) is 24.6 Å². The van der Waals surface area contributed by atoms with Gasteiger partial charge in [0.25, 0.3) is 0 Å². The summed E-state index contributed by atoms with van der Waals surface area (Å²) in [6, 6.07) is 0.516. The van der Waals surface area contributed by atoms with Gasteiger partial charge in [0.2, 0.25) is 0 Å². The maximum absolute atomic E-state index is 5.56. The average Bonchev–Trinajstić information content (AvgIpc) is 2.46.